The smallest absolute Gasteiger partial charge is 0.251 e. The third kappa shape index (κ3) is 9.02. The Bertz CT molecular complexity index is 736. The van der Waals surface area contributed by atoms with Gasteiger partial charge in [0.1, 0.15) is 0 Å². The zero-order valence-corrected chi connectivity index (χ0v) is 20.2. The van der Waals surface area contributed by atoms with E-state index in [-0.39, 0.29) is 29.9 Å². The van der Waals surface area contributed by atoms with Crippen LogP contribution in [0.1, 0.15) is 27.5 Å². The highest BCUT2D eigenvalue weighted by molar-refractivity contribution is 14.0. The van der Waals surface area contributed by atoms with Crippen molar-refractivity contribution >= 4 is 63.1 Å². The van der Waals surface area contributed by atoms with Crippen molar-refractivity contribution in [3.63, 3.8) is 0 Å². The Morgan fingerprint density at radius 1 is 1.15 bits per heavy atom. The number of rotatable bonds is 8. The summed E-state index contributed by atoms with van der Waals surface area (Å²) in [7, 11) is 1.75. The molecule has 148 valence electrons. The number of thiazole rings is 1. The second-order valence-electron chi connectivity index (χ2n) is 5.65. The molecule has 1 amide bonds. The van der Waals surface area contributed by atoms with E-state index >= 15 is 0 Å². The molecular formula is C18H25BrIN5OS. The van der Waals surface area contributed by atoms with E-state index in [9.17, 15) is 4.79 Å². The molecule has 1 aromatic heterocycles. The van der Waals surface area contributed by atoms with Crippen LogP contribution in [0.4, 0.5) is 0 Å². The van der Waals surface area contributed by atoms with Crippen LogP contribution < -0.4 is 16.0 Å². The molecule has 2 rings (SSSR count). The summed E-state index contributed by atoms with van der Waals surface area (Å²) in [5.41, 5.74) is 1.77. The Balaban J connectivity index is 0.00000364. The van der Waals surface area contributed by atoms with Gasteiger partial charge in [0.05, 0.1) is 10.7 Å². The van der Waals surface area contributed by atoms with Gasteiger partial charge in [0, 0.05) is 48.5 Å². The number of nitrogens with one attached hydrogen (secondary N) is 3. The summed E-state index contributed by atoms with van der Waals surface area (Å²) in [6.07, 6.45) is 1.68. The summed E-state index contributed by atoms with van der Waals surface area (Å²) < 4.78 is 0.960. The monoisotopic (exact) mass is 565 g/mol. The van der Waals surface area contributed by atoms with Crippen LogP contribution in [-0.4, -0.2) is 43.5 Å². The predicted octanol–water partition coefficient (Wildman–Crippen LogP) is 3.36. The predicted molar refractivity (Wildman–Crippen MR) is 126 cm³/mol. The number of carbonyl (C=O) groups is 1. The molecule has 1 heterocycles. The van der Waals surface area contributed by atoms with E-state index in [0.717, 1.165) is 47.1 Å². The second-order valence-corrected chi connectivity index (χ2v) is 7.63. The molecule has 0 bridgehead atoms. The summed E-state index contributed by atoms with van der Waals surface area (Å²) >= 11 is 5.03. The minimum atomic E-state index is -0.0569. The van der Waals surface area contributed by atoms with Crippen molar-refractivity contribution in [2.24, 2.45) is 4.99 Å². The lowest BCUT2D eigenvalue weighted by Crippen LogP contribution is -2.39. The molecule has 0 radical (unpaired) electrons. The van der Waals surface area contributed by atoms with E-state index in [4.69, 9.17) is 0 Å². The fourth-order valence-electron chi connectivity index (χ4n) is 2.25. The van der Waals surface area contributed by atoms with E-state index in [1.165, 1.54) is 0 Å². The lowest BCUT2D eigenvalue weighted by Gasteiger charge is -2.11. The molecule has 3 N–H and O–H groups in total. The molecule has 9 heteroatoms. The van der Waals surface area contributed by atoms with Crippen LogP contribution in [0.3, 0.4) is 0 Å². The first kappa shape index (κ1) is 23.8. The van der Waals surface area contributed by atoms with Crippen LogP contribution in [0.2, 0.25) is 0 Å². The van der Waals surface area contributed by atoms with Gasteiger partial charge in [-0.1, -0.05) is 15.9 Å². The standard InChI is InChI=1S/C18H24BrN5OS.HI/c1-13-24-16(12-26-13)8-11-23-18(20-2)22-10-3-9-21-17(25)14-4-6-15(19)7-5-14;/h4-7,12H,3,8-11H2,1-2H3,(H,21,25)(H2,20,22,23);1H. The maximum absolute atomic E-state index is 12.0. The molecule has 0 unspecified atom stereocenters. The highest BCUT2D eigenvalue weighted by Gasteiger charge is 2.04. The van der Waals surface area contributed by atoms with Gasteiger partial charge in [-0.25, -0.2) is 4.98 Å². The Hall–Kier alpha value is -1.20. The van der Waals surface area contributed by atoms with E-state index in [0.29, 0.717) is 12.1 Å². The van der Waals surface area contributed by atoms with Crippen molar-refractivity contribution in [3.8, 4) is 0 Å². The van der Waals surface area contributed by atoms with Crippen molar-refractivity contribution in [1.29, 1.82) is 0 Å². The third-order valence-corrected chi connectivity index (χ3v) is 4.95. The van der Waals surface area contributed by atoms with Gasteiger partial charge < -0.3 is 16.0 Å². The lowest BCUT2D eigenvalue weighted by molar-refractivity contribution is 0.0953. The molecule has 0 saturated carbocycles. The largest absolute Gasteiger partial charge is 0.356 e. The SMILES string of the molecule is CN=C(NCCCNC(=O)c1ccc(Br)cc1)NCCc1csc(C)n1.I. The number of hydrogen-bond donors (Lipinski definition) is 3. The normalized spacial score (nSPS) is 10.9. The second kappa shape index (κ2) is 13.1. The molecule has 0 atom stereocenters. The van der Waals surface area contributed by atoms with Crippen LogP contribution in [-0.2, 0) is 6.42 Å². The summed E-state index contributed by atoms with van der Waals surface area (Å²) in [6, 6.07) is 7.32. The third-order valence-electron chi connectivity index (χ3n) is 3.60. The van der Waals surface area contributed by atoms with Gasteiger partial charge in [-0.15, -0.1) is 35.3 Å². The van der Waals surface area contributed by atoms with Crippen molar-refractivity contribution in [3.05, 3.63) is 50.4 Å². The van der Waals surface area contributed by atoms with Crippen LogP contribution >= 0.6 is 51.2 Å². The Labute approximate surface area is 189 Å². The lowest BCUT2D eigenvalue weighted by atomic mass is 10.2. The number of guanidine groups is 1. The average Bonchev–Trinajstić information content (AvgIpc) is 3.05. The van der Waals surface area contributed by atoms with E-state index in [1.54, 1.807) is 30.5 Å². The number of halogens is 2. The maximum Gasteiger partial charge on any atom is 0.251 e. The van der Waals surface area contributed by atoms with Crippen LogP contribution in [0.15, 0.2) is 39.1 Å². The first-order valence-corrected chi connectivity index (χ1v) is 10.1. The highest BCUT2D eigenvalue weighted by atomic mass is 127. The van der Waals surface area contributed by atoms with Crippen molar-refractivity contribution in [2.45, 2.75) is 19.8 Å². The van der Waals surface area contributed by atoms with Gasteiger partial charge in [-0.2, -0.15) is 0 Å². The van der Waals surface area contributed by atoms with Gasteiger partial charge in [0.25, 0.3) is 5.91 Å². The van der Waals surface area contributed by atoms with E-state index in [2.05, 4.69) is 47.2 Å². The summed E-state index contributed by atoms with van der Waals surface area (Å²) in [5.74, 6) is 0.703. The number of carbonyl (C=O) groups excluding carboxylic acids is 1. The van der Waals surface area contributed by atoms with E-state index in [1.807, 2.05) is 19.1 Å². The fourth-order valence-corrected chi connectivity index (χ4v) is 3.16. The summed E-state index contributed by atoms with van der Waals surface area (Å²) in [5, 5.41) is 12.6. The minimum absolute atomic E-state index is 0. The van der Waals surface area contributed by atoms with Crippen LogP contribution in [0.5, 0.6) is 0 Å². The molecule has 0 saturated heterocycles. The molecular weight excluding hydrogens is 541 g/mol. The zero-order chi connectivity index (χ0) is 18.8. The van der Waals surface area contributed by atoms with Gasteiger partial charge >= 0.3 is 0 Å². The average molecular weight is 566 g/mol. The molecule has 0 aliphatic rings. The Morgan fingerprint density at radius 3 is 2.44 bits per heavy atom. The Kier molecular flexibility index (Phi) is 11.5. The number of nitrogens with zero attached hydrogens (tertiary/aromatic N) is 2. The number of aromatic nitrogens is 1. The number of amides is 1. The Morgan fingerprint density at radius 2 is 1.81 bits per heavy atom. The van der Waals surface area contributed by atoms with Crippen LogP contribution in [0, 0.1) is 6.92 Å². The van der Waals surface area contributed by atoms with Gasteiger partial charge in [0.2, 0.25) is 0 Å². The molecule has 2 aromatic rings. The molecule has 0 aliphatic carbocycles. The molecule has 27 heavy (non-hydrogen) atoms. The number of hydrogen-bond acceptors (Lipinski definition) is 4. The molecule has 0 fully saturated rings. The van der Waals surface area contributed by atoms with Crippen molar-refractivity contribution in [2.75, 3.05) is 26.7 Å². The van der Waals surface area contributed by atoms with Crippen molar-refractivity contribution < 1.29 is 4.79 Å². The molecule has 0 spiro atoms. The number of aryl methyl sites for hydroxylation is 1. The highest BCUT2D eigenvalue weighted by Crippen LogP contribution is 2.10. The summed E-state index contributed by atoms with van der Waals surface area (Å²) in [6.45, 7) is 4.13. The van der Waals surface area contributed by atoms with Gasteiger partial charge in [0.15, 0.2) is 5.96 Å². The maximum atomic E-state index is 12.0. The van der Waals surface area contributed by atoms with Crippen molar-refractivity contribution in [1.82, 2.24) is 20.9 Å². The van der Waals surface area contributed by atoms with Gasteiger partial charge in [-0.05, 0) is 37.6 Å². The van der Waals surface area contributed by atoms with Crippen LogP contribution in [0.25, 0.3) is 0 Å². The topological polar surface area (TPSA) is 78.4 Å². The number of benzene rings is 1. The molecule has 1 aromatic carbocycles. The summed E-state index contributed by atoms with van der Waals surface area (Å²) in [4.78, 5) is 20.6. The zero-order valence-electron chi connectivity index (χ0n) is 15.4. The molecule has 6 nitrogen and oxygen atoms in total. The first-order chi connectivity index (χ1) is 12.6. The van der Waals surface area contributed by atoms with E-state index < -0.39 is 0 Å². The van der Waals surface area contributed by atoms with Gasteiger partial charge in [-0.3, -0.25) is 9.79 Å². The first-order valence-electron chi connectivity index (χ1n) is 8.48. The molecule has 0 aliphatic heterocycles. The minimum Gasteiger partial charge on any atom is -0.356 e. The quantitative estimate of drug-likeness (QED) is 0.198. The fraction of sp³-hybridized carbons (Fsp3) is 0.389. The number of aliphatic imine (C=N–C) groups is 1.